The first-order valence-electron chi connectivity index (χ1n) is 14.8. The molecule has 0 bridgehead atoms. The molecule has 1 heterocycles. The fourth-order valence-corrected chi connectivity index (χ4v) is 5.38. The van der Waals surface area contributed by atoms with Gasteiger partial charge in [-0.1, -0.05) is 5.92 Å². The van der Waals surface area contributed by atoms with Gasteiger partial charge in [0.15, 0.2) is 12.6 Å². The fourth-order valence-electron chi connectivity index (χ4n) is 5.38. The van der Waals surface area contributed by atoms with Crippen LogP contribution in [-0.4, -0.2) is 160 Å². The van der Waals surface area contributed by atoms with Crippen molar-refractivity contribution in [3.8, 4) is 11.8 Å². The molecular formula is C26H45F5N6O10. The Labute approximate surface area is 267 Å². The average molecular weight is 697 g/mol. The highest BCUT2D eigenvalue weighted by atomic mass is 19.2. The Kier molecular flexibility index (Phi) is 17.5. The van der Waals surface area contributed by atoms with E-state index in [0.717, 1.165) is 7.05 Å². The van der Waals surface area contributed by atoms with Gasteiger partial charge in [-0.25, -0.2) is 0 Å². The third-order valence-electron chi connectivity index (χ3n) is 7.79. The third kappa shape index (κ3) is 11.9. The van der Waals surface area contributed by atoms with Gasteiger partial charge in [0, 0.05) is 20.0 Å². The summed E-state index contributed by atoms with van der Waals surface area (Å²) in [5.41, 5.74) is 2.04. The summed E-state index contributed by atoms with van der Waals surface area (Å²) in [6.45, 7) is -0.813. The van der Waals surface area contributed by atoms with Crippen LogP contribution in [0.15, 0.2) is 0 Å². The van der Waals surface area contributed by atoms with Gasteiger partial charge < -0.3 is 50.2 Å². The average Bonchev–Trinajstić information content (AvgIpc) is 3.01. The summed E-state index contributed by atoms with van der Waals surface area (Å²) in [4.78, 5) is 12.7. The lowest BCUT2D eigenvalue weighted by Gasteiger charge is -2.49. The zero-order valence-corrected chi connectivity index (χ0v) is 25.8. The number of aliphatic hydroxyl groups is 6. The maximum atomic E-state index is 14.3. The maximum Gasteiger partial charge on any atom is 0.249 e. The number of carbonyl (C=O) groups excluding carboxylic acids is 1. The molecule has 2 fully saturated rings. The molecule has 1 aliphatic carbocycles. The molecule has 1 saturated carbocycles. The van der Waals surface area contributed by atoms with Crippen molar-refractivity contribution in [1.29, 1.82) is 0 Å². The molecule has 47 heavy (non-hydrogen) atoms. The van der Waals surface area contributed by atoms with Gasteiger partial charge in [0.2, 0.25) is 5.91 Å². The summed E-state index contributed by atoms with van der Waals surface area (Å²) in [5, 5.41) is 64.7. The molecule has 2 rings (SSSR count). The molecule has 2 aliphatic rings. The van der Waals surface area contributed by atoms with Crippen LogP contribution in [0.25, 0.3) is 0 Å². The smallest absolute Gasteiger partial charge is 0.249 e. The Balaban J connectivity index is 2.27. The Hall–Kier alpha value is -1.88. The first-order valence-corrected chi connectivity index (χ1v) is 14.8. The number of amides is 1. The van der Waals surface area contributed by atoms with Crippen molar-refractivity contribution in [2.45, 2.75) is 105 Å². The Bertz CT molecular complexity index is 1000. The fraction of sp³-hybridized carbons (Fsp3) is 0.885. The minimum absolute atomic E-state index is 0.0257. The zero-order chi connectivity index (χ0) is 35.3. The topological polar surface area (TPSA) is 221 Å². The number of aliphatic hydroxyl groups excluding tert-OH is 5. The molecule has 0 aromatic heterocycles. The van der Waals surface area contributed by atoms with Crippen LogP contribution in [0.3, 0.4) is 0 Å². The molecule has 1 saturated heterocycles. The van der Waals surface area contributed by atoms with Crippen LogP contribution in [0, 0.1) is 11.8 Å². The molecule has 21 heteroatoms. The van der Waals surface area contributed by atoms with Gasteiger partial charge in [-0.05, 0) is 26.2 Å². The predicted molar refractivity (Wildman–Crippen MR) is 150 cm³/mol. The molecule has 16 nitrogen and oxygen atoms in total. The summed E-state index contributed by atoms with van der Waals surface area (Å²) in [6, 6.07) is -5.99. The van der Waals surface area contributed by atoms with E-state index < -0.39 is 105 Å². The number of ether oxygens (including phenoxy) is 3. The van der Waals surface area contributed by atoms with Gasteiger partial charge in [0.05, 0.1) is 44.4 Å². The van der Waals surface area contributed by atoms with Crippen LogP contribution in [0.5, 0.6) is 0 Å². The first kappa shape index (κ1) is 41.3. The molecule has 0 radical (unpaired) electrons. The number of likely N-dealkylation sites (N-methyl/N-ethyl adjacent to an activating group) is 1. The lowest BCUT2D eigenvalue weighted by atomic mass is 9.83. The number of carbonyl (C=O) groups is 1. The van der Waals surface area contributed by atoms with Crippen molar-refractivity contribution in [1.82, 2.24) is 32.2 Å². The molecular weight excluding hydrogens is 651 g/mol. The number of hydrogen-bond donors (Lipinski definition) is 10. The van der Waals surface area contributed by atoms with Crippen LogP contribution < -0.4 is 21.9 Å². The Morgan fingerprint density at radius 3 is 2.40 bits per heavy atom. The minimum atomic E-state index is -2.05. The Morgan fingerprint density at radius 2 is 1.81 bits per heavy atom. The van der Waals surface area contributed by atoms with Crippen LogP contribution in [0.1, 0.15) is 32.6 Å². The van der Waals surface area contributed by atoms with Gasteiger partial charge in [-0.3, -0.25) is 4.79 Å². The van der Waals surface area contributed by atoms with Gasteiger partial charge in [0.25, 0.3) is 0 Å². The van der Waals surface area contributed by atoms with Crippen LogP contribution in [0.4, 0.5) is 22.4 Å². The number of nitrogens with one attached hydrogen (secondary N) is 4. The van der Waals surface area contributed by atoms with Crippen LogP contribution >= 0.6 is 0 Å². The lowest BCUT2D eigenvalue weighted by Crippen LogP contribution is -2.69. The molecule has 0 aromatic carbocycles. The Morgan fingerprint density at radius 1 is 1.11 bits per heavy atom. The second-order valence-corrected chi connectivity index (χ2v) is 11.5. The van der Waals surface area contributed by atoms with Crippen molar-refractivity contribution in [3.05, 3.63) is 0 Å². The van der Waals surface area contributed by atoms with Gasteiger partial charge >= 0.3 is 0 Å². The van der Waals surface area contributed by atoms with E-state index >= 15 is 0 Å². The normalized spacial score (nSPS) is 33.3. The van der Waals surface area contributed by atoms with Crippen molar-refractivity contribution >= 4 is 5.91 Å². The second kappa shape index (κ2) is 20.0. The minimum Gasteiger partial charge on any atom is -0.395 e. The number of halogens is 5. The molecule has 274 valence electrons. The number of nitrogens with zero attached hydrogens (tertiary/aromatic N) is 2. The SMILES string of the molecule is CN(F)C1C(O)C(OC2C(NC(=O)C(O)CCNF)CC(NF)C(OC(O)C(CCC#CCN(F)CCO)NF)C2O)OCC1(C)O. The second-order valence-electron chi connectivity index (χ2n) is 11.5. The molecule has 1 amide bonds. The van der Waals surface area contributed by atoms with Crippen molar-refractivity contribution in [2.24, 2.45) is 0 Å². The van der Waals surface area contributed by atoms with E-state index in [0.29, 0.717) is 0 Å². The molecule has 12 unspecified atom stereocenters. The lowest BCUT2D eigenvalue weighted by molar-refractivity contribution is -0.322. The molecule has 12 atom stereocenters. The molecule has 0 aromatic rings. The van der Waals surface area contributed by atoms with E-state index in [2.05, 4.69) is 17.2 Å². The van der Waals surface area contributed by atoms with Crippen LogP contribution in [-0.2, 0) is 19.0 Å². The van der Waals surface area contributed by atoms with Crippen molar-refractivity contribution < 1.29 is 72.1 Å². The summed E-state index contributed by atoms with van der Waals surface area (Å²) >= 11 is 0. The molecule has 1 aliphatic heterocycles. The summed E-state index contributed by atoms with van der Waals surface area (Å²) < 4.78 is 84.2. The quantitative estimate of drug-likeness (QED) is 0.0296. The highest BCUT2D eigenvalue weighted by molar-refractivity contribution is 5.80. The molecule has 0 spiro atoms. The first-order chi connectivity index (χ1) is 22.2. The third-order valence-corrected chi connectivity index (χ3v) is 7.79. The summed E-state index contributed by atoms with van der Waals surface area (Å²) in [6.07, 6.45) is -14.0. The number of rotatable bonds is 18. The standard InChI is InChI=1S/C26H45F5N6O10/c1-26(44)13-45-25(19(41)22(26)36(2)30)47-20-15(33-23(42)17(39)7-8-32-27)12-16(35-29)21(18(20)40)46-24(43)14(34-28)6-4-3-5-9-37(31)10-11-38/h14-22,24-25,32,34-35,38-41,43-44H,4,6-13H2,1-2H3,(H,33,42). The van der Waals surface area contributed by atoms with Crippen LogP contribution in [0.2, 0.25) is 0 Å². The van der Waals surface area contributed by atoms with Crippen molar-refractivity contribution in [3.63, 3.8) is 0 Å². The van der Waals surface area contributed by atoms with E-state index in [-0.39, 0.29) is 42.6 Å². The van der Waals surface area contributed by atoms with E-state index in [1.54, 1.807) is 0 Å². The van der Waals surface area contributed by atoms with E-state index in [1.165, 1.54) is 23.5 Å². The van der Waals surface area contributed by atoms with Crippen molar-refractivity contribution in [2.75, 3.05) is 39.9 Å². The monoisotopic (exact) mass is 696 g/mol. The largest absolute Gasteiger partial charge is 0.395 e. The zero-order valence-electron chi connectivity index (χ0n) is 25.8. The van der Waals surface area contributed by atoms with E-state index in [4.69, 9.17) is 19.3 Å². The number of hydrogen-bond acceptors (Lipinski definition) is 15. The maximum absolute atomic E-state index is 14.3. The highest BCUT2D eigenvalue weighted by Crippen LogP contribution is 2.33. The summed E-state index contributed by atoms with van der Waals surface area (Å²) in [7, 11) is 0.924. The van der Waals surface area contributed by atoms with Gasteiger partial charge in [-0.15, -0.1) is 38.6 Å². The molecule has 10 N–H and O–H groups in total. The van der Waals surface area contributed by atoms with E-state index in [1.807, 2.05) is 0 Å². The van der Waals surface area contributed by atoms with Gasteiger partial charge in [-0.2, -0.15) is 16.6 Å². The predicted octanol–water partition coefficient (Wildman–Crippen LogP) is -3.15. The highest BCUT2D eigenvalue weighted by Gasteiger charge is 2.53. The summed E-state index contributed by atoms with van der Waals surface area (Å²) in [5.74, 6) is 3.92. The van der Waals surface area contributed by atoms with E-state index in [9.17, 15) is 52.7 Å². The van der Waals surface area contributed by atoms with Gasteiger partial charge in [0.1, 0.15) is 42.2 Å².